The van der Waals surface area contributed by atoms with Gasteiger partial charge in [0.1, 0.15) is 5.82 Å². The van der Waals surface area contributed by atoms with E-state index in [2.05, 4.69) is 20.5 Å². The Balaban J connectivity index is 1.53. The summed E-state index contributed by atoms with van der Waals surface area (Å²) in [6, 6.07) is 0.271. The largest absolute Gasteiger partial charge is 0.367 e. The average Bonchev–Trinajstić information content (AvgIpc) is 3.04. The highest BCUT2D eigenvalue weighted by Crippen LogP contribution is 2.31. The molecule has 0 bridgehead atoms. The lowest BCUT2D eigenvalue weighted by molar-refractivity contribution is -0.144. The highest BCUT2D eigenvalue weighted by Gasteiger charge is 2.39. The number of piperidine rings is 2. The lowest BCUT2D eigenvalue weighted by Crippen LogP contribution is -2.57. The molecule has 1 aromatic rings. The Labute approximate surface area is 147 Å². The first-order valence-electron chi connectivity index (χ1n) is 8.97. The third-order valence-corrected chi connectivity index (χ3v) is 5.22. The maximum atomic E-state index is 12.5. The van der Waals surface area contributed by atoms with Crippen molar-refractivity contribution in [3.05, 3.63) is 5.82 Å². The predicted molar refractivity (Wildman–Crippen MR) is 92.5 cm³/mol. The van der Waals surface area contributed by atoms with Crippen molar-refractivity contribution >= 4 is 17.8 Å². The number of nitrogens with zero attached hydrogens (tertiary/aromatic N) is 4. The van der Waals surface area contributed by atoms with E-state index >= 15 is 0 Å². The van der Waals surface area contributed by atoms with Gasteiger partial charge in [-0.2, -0.15) is 4.98 Å². The first kappa shape index (κ1) is 17.7. The Hall–Kier alpha value is -2.16. The van der Waals surface area contributed by atoms with Gasteiger partial charge in [-0.25, -0.2) is 0 Å². The maximum absolute atomic E-state index is 12.5. The van der Waals surface area contributed by atoms with E-state index in [-0.39, 0.29) is 23.8 Å². The van der Waals surface area contributed by atoms with Crippen molar-refractivity contribution in [2.45, 2.75) is 38.1 Å². The summed E-state index contributed by atoms with van der Waals surface area (Å²) in [5, 5.41) is 9.62. The van der Waals surface area contributed by atoms with Gasteiger partial charge in [0.2, 0.25) is 17.8 Å². The molecule has 0 aliphatic carbocycles. The molecule has 3 rings (SSSR count). The van der Waals surface area contributed by atoms with Gasteiger partial charge in [0.15, 0.2) is 0 Å². The van der Waals surface area contributed by atoms with Gasteiger partial charge >= 0.3 is 0 Å². The monoisotopic (exact) mass is 349 g/mol. The molecule has 138 valence electrons. The van der Waals surface area contributed by atoms with E-state index in [1.807, 2.05) is 16.8 Å². The van der Waals surface area contributed by atoms with Gasteiger partial charge < -0.3 is 20.9 Å². The van der Waals surface area contributed by atoms with E-state index in [1.165, 1.54) is 0 Å². The highest BCUT2D eigenvalue weighted by atomic mass is 16.2. The minimum atomic E-state index is 0.132. The molecule has 0 radical (unpaired) electrons. The molecular formula is C16H27N7O2. The van der Waals surface area contributed by atoms with Gasteiger partial charge in [0.25, 0.3) is 0 Å². The predicted octanol–water partition coefficient (Wildman–Crippen LogP) is -0.622. The van der Waals surface area contributed by atoms with Crippen molar-refractivity contribution in [3.8, 4) is 0 Å². The molecule has 4 N–H and O–H groups in total. The summed E-state index contributed by atoms with van der Waals surface area (Å²) in [5.74, 6) is 1.61. The normalized spacial score (nSPS) is 23.6. The number of nitrogen functional groups attached to an aromatic ring is 1. The van der Waals surface area contributed by atoms with Crippen LogP contribution in [-0.4, -0.2) is 76.1 Å². The maximum Gasteiger partial charge on any atom is 0.239 e. The van der Waals surface area contributed by atoms with E-state index in [1.54, 1.807) is 0 Å². The molecule has 0 unspecified atom stereocenters. The third kappa shape index (κ3) is 4.09. The van der Waals surface area contributed by atoms with Crippen LogP contribution < -0.4 is 11.1 Å². The van der Waals surface area contributed by atoms with Crippen LogP contribution in [0.15, 0.2) is 0 Å². The van der Waals surface area contributed by atoms with E-state index < -0.39 is 0 Å². The van der Waals surface area contributed by atoms with Crippen molar-refractivity contribution in [2.75, 3.05) is 39.0 Å². The second-order valence-corrected chi connectivity index (χ2v) is 6.83. The molecule has 3 heterocycles. The number of likely N-dealkylation sites (tertiary alicyclic amines) is 2. The Kier molecular flexibility index (Phi) is 5.52. The third-order valence-electron chi connectivity index (χ3n) is 5.22. The number of fused-ring (bicyclic) bond motifs is 1. The van der Waals surface area contributed by atoms with Crippen LogP contribution in [0.25, 0.3) is 0 Å². The van der Waals surface area contributed by atoms with Crippen LogP contribution in [-0.2, 0) is 16.0 Å². The number of aryl methyl sites for hydroxylation is 1. The number of nitrogens with two attached hydrogens (primary N) is 1. The standard InChI is InChI=1S/C16H27N7O2/c1-18-7-9-23-12-6-8-22(10-11(12)2-4-15(23)25)14(24)5-3-13-19-16(17)21-20-13/h11-12,18H,2-10H2,1H3,(H3,17,19,20,21)/t11-,12+/m0/s1. The molecule has 2 aliphatic rings. The number of hydrogen-bond acceptors (Lipinski definition) is 6. The summed E-state index contributed by atoms with van der Waals surface area (Å²) in [7, 11) is 1.90. The number of likely N-dealkylation sites (N-methyl/N-ethyl adjacent to an activating group) is 1. The summed E-state index contributed by atoms with van der Waals surface area (Å²) in [4.78, 5) is 32.7. The molecule has 2 fully saturated rings. The van der Waals surface area contributed by atoms with Crippen LogP contribution in [0.1, 0.15) is 31.5 Å². The van der Waals surface area contributed by atoms with Crippen LogP contribution >= 0.6 is 0 Å². The average molecular weight is 349 g/mol. The molecule has 0 spiro atoms. The smallest absolute Gasteiger partial charge is 0.239 e. The zero-order valence-electron chi connectivity index (χ0n) is 14.7. The molecule has 1 aromatic heterocycles. The number of H-pyrrole nitrogens is 1. The summed E-state index contributed by atoms with van der Waals surface area (Å²) >= 11 is 0. The Morgan fingerprint density at radius 2 is 2.28 bits per heavy atom. The highest BCUT2D eigenvalue weighted by molar-refractivity contribution is 5.78. The lowest BCUT2D eigenvalue weighted by atomic mass is 9.83. The number of carbonyl (C=O) groups is 2. The van der Waals surface area contributed by atoms with E-state index in [0.717, 1.165) is 32.5 Å². The molecule has 9 nitrogen and oxygen atoms in total. The van der Waals surface area contributed by atoms with Crippen molar-refractivity contribution in [1.29, 1.82) is 0 Å². The molecular weight excluding hydrogens is 322 g/mol. The molecule has 0 aromatic carbocycles. The topological polar surface area (TPSA) is 120 Å². The second kappa shape index (κ2) is 7.81. The van der Waals surface area contributed by atoms with Crippen LogP contribution in [0, 0.1) is 5.92 Å². The SMILES string of the molecule is CNCCN1C(=O)CC[C@H]2CN(C(=O)CCc3nc(N)n[nH]3)CC[C@H]21. The van der Waals surface area contributed by atoms with Crippen LogP contribution in [0.3, 0.4) is 0 Å². The van der Waals surface area contributed by atoms with E-state index in [4.69, 9.17) is 5.73 Å². The molecule has 2 amide bonds. The van der Waals surface area contributed by atoms with Crippen molar-refractivity contribution in [3.63, 3.8) is 0 Å². The lowest BCUT2D eigenvalue weighted by Gasteiger charge is -2.47. The van der Waals surface area contributed by atoms with Crippen molar-refractivity contribution in [1.82, 2.24) is 30.3 Å². The van der Waals surface area contributed by atoms with E-state index in [0.29, 0.717) is 37.5 Å². The molecule has 0 saturated carbocycles. The first-order chi connectivity index (χ1) is 12.1. The van der Waals surface area contributed by atoms with Crippen LogP contribution in [0.5, 0.6) is 0 Å². The quantitative estimate of drug-likeness (QED) is 0.629. The van der Waals surface area contributed by atoms with Gasteiger partial charge in [-0.1, -0.05) is 0 Å². The number of amides is 2. The van der Waals surface area contributed by atoms with Crippen molar-refractivity contribution in [2.24, 2.45) is 5.92 Å². The number of aromatic amines is 1. The number of carbonyl (C=O) groups excluding carboxylic acids is 2. The summed E-state index contributed by atoms with van der Waals surface area (Å²) in [6.07, 6.45) is 3.24. The Morgan fingerprint density at radius 1 is 1.44 bits per heavy atom. The zero-order valence-corrected chi connectivity index (χ0v) is 14.7. The number of nitrogens with one attached hydrogen (secondary N) is 2. The number of hydrogen-bond donors (Lipinski definition) is 3. The van der Waals surface area contributed by atoms with Gasteiger partial charge in [-0.3, -0.25) is 14.7 Å². The fourth-order valence-corrected chi connectivity index (χ4v) is 3.91. The molecule has 25 heavy (non-hydrogen) atoms. The minimum Gasteiger partial charge on any atom is -0.367 e. The van der Waals surface area contributed by atoms with Crippen molar-refractivity contribution < 1.29 is 9.59 Å². The van der Waals surface area contributed by atoms with Gasteiger partial charge in [0.05, 0.1) is 0 Å². The Bertz CT molecular complexity index is 617. The van der Waals surface area contributed by atoms with Crippen LogP contribution in [0.4, 0.5) is 5.95 Å². The molecule has 2 aliphatic heterocycles. The number of rotatable bonds is 6. The second-order valence-electron chi connectivity index (χ2n) is 6.83. The first-order valence-corrected chi connectivity index (χ1v) is 8.97. The van der Waals surface area contributed by atoms with Gasteiger partial charge in [-0.15, -0.1) is 5.10 Å². The summed E-state index contributed by atoms with van der Waals surface area (Å²) < 4.78 is 0. The Morgan fingerprint density at radius 3 is 3.00 bits per heavy atom. The van der Waals surface area contributed by atoms with Gasteiger partial charge in [-0.05, 0) is 25.8 Å². The van der Waals surface area contributed by atoms with Crippen LogP contribution in [0.2, 0.25) is 0 Å². The summed E-state index contributed by atoms with van der Waals surface area (Å²) in [5.41, 5.74) is 5.47. The fourth-order valence-electron chi connectivity index (χ4n) is 3.91. The fraction of sp³-hybridized carbons (Fsp3) is 0.750. The molecule has 2 saturated heterocycles. The minimum absolute atomic E-state index is 0.132. The molecule has 9 heteroatoms. The molecule has 2 atom stereocenters. The summed E-state index contributed by atoms with van der Waals surface area (Å²) in [6.45, 7) is 3.00. The zero-order chi connectivity index (χ0) is 17.8. The number of anilines is 1. The van der Waals surface area contributed by atoms with E-state index in [9.17, 15) is 9.59 Å². The number of aromatic nitrogens is 3. The van der Waals surface area contributed by atoms with Gasteiger partial charge in [0, 0.05) is 51.5 Å².